The Morgan fingerprint density at radius 1 is 1.47 bits per heavy atom. The Hall–Kier alpha value is -0.160. The van der Waals surface area contributed by atoms with Crippen LogP contribution in [0.5, 0.6) is 0 Å². The molecule has 0 aromatic heterocycles. The lowest BCUT2D eigenvalue weighted by atomic mass is 9.96. The summed E-state index contributed by atoms with van der Waals surface area (Å²) < 4.78 is 11.0. The van der Waals surface area contributed by atoms with Crippen molar-refractivity contribution in [3.05, 3.63) is 0 Å². The van der Waals surface area contributed by atoms with Gasteiger partial charge in [0.2, 0.25) is 0 Å². The number of hydrogen-bond donors (Lipinski definition) is 1. The van der Waals surface area contributed by atoms with Gasteiger partial charge in [-0.2, -0.15) is 0 Å². The summed E-state index contributed by atoms with van der Waals surface area (Å²) in [6.45, 7) is 11.3. The monoisotopic (exact) mass is 244 g/mol. The molecule has 0 radical (unpaired) electrons. The van der Waals surface area contributed by atoms with E-state index >= 15 is 0 Å². The lowest BCUT2D eigenvalue weighted by molar-refractivity contribution is -0.0547. The Morgan fingerprint density at radius 2 is 2.12 bits per heavy atom. The van der Waals surface area contributed by atoms with Crippen LogP contribution in [-0.4, -0.2) is 55.5 Å². The molecule has 1 fully saturated rings. The van der Waals surface area contributed by atoms with Crippen molar-refractivity contribution in [1.29, 1.82) is 0 Å². The maximum Gasteiger partial charge on any atom is 0.0773 e. The van der Waals surface area contributed by atoms with Crippen molar-refractivity contribution in [3.8, 4) is 0 Å². The number of nitrogens with zero attached hydrogens (tertiary/aromatic N) is 1. The summed E-state index contributed by atoms with van der Waals surface area (Å²) >= 11 is 0. The highest BCUT2D eigenvalue weighted by Gasteiger charge is 2.28. The predicted molar refractivity (Wildman–Crippen MR) is 70.1 cm³/mol. The van der Waals surface area contributed by atoms with E-state index in [2.05, 4.69) is 18.7 Å². The SMILES string of the molecule is COC(C)(C)C(N)CCN1CC(C)OCC1C. The summed E-state index contributed by atoms with van der Waals surface area (Å²) in [4.78, 5) is 2.46. The van der Waals surface area contributed by atoms with E-state index in [0.29, 0.717) is 12.1 Å². The maximum atomic E-state index is 6.18. The molecule has 1 rings (SSSR count). The molecule has 3 atom stereocenters. The number of morpholine rings is 1. The van der Waals surface area contributed by atoms with E-state index in [1.807, 2.05) is 13.8 Å². The van der Waals surface area contributed by atoms with E-state index in [0.717, 1.165) is 26.1 Å². The van der Waals surface area contributed by atoms with Crippen molar-refractivity contribution in [3.63, 3.8) is 0 Å². The number of methoxy groups -OCH3 is 1. The van der Waals surface area contributed by atoms with Crippen LogP contribution >= 0.6 is 0 Å². The first-order valence-corrected chi connectivity index (χ1v) is 6.53. The van der Waals surface area contributed by atoms with Gasteiger partial charge in [-0.05, 0) is 34.1 Å². The van der Waals surface area contributed by atoms with Crippen LogP contribution in [0, 0.1) is 0 Å². The summed E-state index contributed by atoms with van der Waals surface area (Å²) in [5.74, 6) is 0. The number of hydrogen-bond acceptors (Lipinski definition) is 4. The summed E-state index contributed by atoms with van der Waals surface area (Å²) in [7, 11) is 1.72. The van der Waals surface area contributed by atoms with Crippen LogP contribution in [0.4, 0.5) is 0 Å². The van der Waals surface area contributed by atoms with E-state index in [1.54, 1.807) is 7.11 Å². The summed E-state index contributed by atoms with van der Waals surface area (Å²) in [6, 6.07) is 0.557. The summed E-state index contributed by atoms with van der Waals surface area (Å²) in [5, 5.41) is 0. The smallest absolute Gasteiger partial charge is 0.0773 e. The first kappa shape index (κ1) is 14.9. The van der Waals surface area contributed by atoms with Crippen molar-refractivity contribution in [2.45, 2.75) is 57.9 Å². The van der Waals surface area contributed by atoms with Gasteiger partial charge in [0.05, 0.1) is 18.3 Å². The van der Waals surface area contributed by atoms with Crippen molar-refractivity contribution in [2.24, 2.45) is 5.73 Å². The molecule has 0 aromatic carbocycles. The molecule has 2 N–H and O–H groups in total. The molecule has 1 aliphatic heterocycles. The fourth-order valence-electron chi connectivity index (χ4n) is 2.09. The van der Waals surface area contributed by atoms with E-state index in [4.69, 9.17) is 15.2 Å². The van der Waals surface area contributed by atoms with Crippen LogP contribution in [0.1, 0.15) is 34.1 Å². The van der Waals surface area contributed by atoms with Gasteiger partial charge < -0.3 is 15.2 Å². The standard InChI is InChI=1S/C13H28N2O2/c1-10-9-17-11(2)8-15(10)7-6-12(14)13(3,4)16-5/h10-12H,6-9,14H2,1-5H3. The molecular formula is C13H28N2O2. The highest BCUT2D eigenvalue weighted by atomic mass is 16.5. The van der Waals surface area contributed by atoms with Crippen LogP contribution in [0.2, 0.25) is 0 Å². The van der Waals surface area contributed by atoms with Gasteiger partial charge in [0.25, 0.3) is 0 Å². The Balaban J connectivity index is 2.39. The van der Waals surface area contributed by atoms with Gasteiger partial charge >= 0.3 is 0 Å². The molecule has 17 heavy (non-hydrogen) atoms. The molecule has 1 aliphatic rings. The molecule has 1 heterocycles. The topological polar surface area (TPSA) is 47.7 Å². The van der Waals surface area contributed by atoms with Crippen molar-refractivity contribution in [1.82, 2.24) is 4.90 Å². The van der Waals surface area contributed by atoms with E-state index < -0.39 is 0 Å². The van der Waals surface area contributed by atoms with Crippen LogP contribution in [0.25, 0.3) is 0 Å². The average Bonchev–Trinajstić information content (AvgIpc) is 2.29. The summed E-state index contributed by atoms with van der Waals surface area (Å²) in [5.41, 5.74) is 5.93. The van der Waals surface area contributed by atoms with Gasteiger partial charge in [-0.25, -0.2) is 0 Å². The molecule has 0 aromatic rings. The Labute approximate surface area is 105 Å². The molecular weight excluding hydrogens is 216 g/mol. The Morgan fingerprint density at radius 3 is 2.71 bits per heavy atom. The normalized spacial score (nSPS) is 29.3. The van der Waals surface area contributed by atoms with Gasteiger partial charge in [0.15, 0.2) is 0 Å². The van der Waals surface area contributed by atoms with E-state index in [-0.39, 0.29) is 11.6 Å². The highest BCUT2D eigenvalue weighted by Crippen LogP contribution is 2.17. The number of ether oxygens (including phenoxy) is 2. The third-order valence-corrected chi connectivity index (χ3v) is 3.88. The molecule has 1 saturated heterocycles. The molecule has 0 amide bonds. The Kier molecular flexibility index (Phi) is 5.38. The third kappa shape index (κ3) is 4.21. The first-order chi connectivity index (χ1) is 7.86. The van der Waals surface area contributed by atoms with Crippen LogP contribution in [0.3, 0.4) is 0 Å². The zero-order valence-electron chi connectivity index (χ0n) is 11.9. The minimum Gasteiger partial charge on any atom is -0.377 e. The van der Waals surface area contributed by atoms with Crippen LogP contribution < -0.4 is 5.73 Å². The second-order valence-corrected chi connectivity index (χ2v) is 5.69. The molecule has 0 spiro atoms. The lowest BCUT2D eigenvalue weighted by Crippen LogP contribution is -2.51. The highest BCUT2D eigenvalue weighted by molar-refractivity contribution is 4.84. The molecule has 0 bridgehead atoms. The van der Waals surface area contributed by atoms with Gasteiger partial charge in [0, 0.05) is 32.3 Å². The third-order valence-electron chi connectivity index (χ3n) is 3.88. The van der Waals surface area contributed by atoms with Crippen LogP contribution in [-0.2, 0) is 9.47 Å². The largest absolute Gasteiger partial charge is 0.377 e. The number of rotatable bonds is 5. The second-order valence-electron chi connectivity index (χ2n) is 5.69. The molecule has 102 valence electrons. The van der Waals surface area contributed by atoms with Crippen LogP contribution in [0.15, 0.2) is 0 Å². The molecule has 4 heteroatoms. The fraction of sp³-hybridized carbons (Fsp3) is 1.00. The minimum atomic E-state index is -0.249. The van der Waals surface area contributed by atoms with Gasteiger partial charge in [-0.3, -0.25) is 4.90 Å². The molecule has 0 saturated carbocycles. The van der Waals surface area contributed by atoms with E-state index in [9.17, 15) is 0 Å². The first-order valence-electron chi connectivity index (χ1n) is 6.53. The minimum absolute atomic E-state index is 0.0675. The zero-order chi connectivity index (χ0) is 13.1. The second kappa shape index (κ2) is 6.14. The predicted octanol–water partition coefficient (Wildman–Crippen LogP) is 1.24. The van der Waals surface area contributed by atoms with Crippen molar-refractivity contribution < 1.29 is 9.47 Å². The Bertz CT molecular complexity index is 233. The summed E-state index contributed by atoms with van der Waals surface area (Å²) in [6.07, 6.45) is 1.29. The van der Waals surface area contributed by atoms with Crippen molar-refractivity contribution >= 4 is 0 Å². The fourth-order valence-corrected chi connectivity index (χ4v) is 2.09. The molecule has 4 nitrogen and oxygen atoms in total. The lowest BCUT2D eigenvalue weighted by Gasteiger charge is -2.38. The molecule has 3 unspecified atom stereocenters. The van der Waals surface area contributed by atoms with Gasteiger partial charge in [0.1, 0.15) is 0 Å². The number of nitrogens with two attached hydrogens (primary N) is 1. The average molecular weight is 244 g/mol. The zero-order valence-corrected chi connectivity index (χ0v) is 11.9. The van der Waals surface area contributed by atoms with Crippen molar-refractivity contribution in [2.75, 3.05) is 26.8 Å². The molecule has 0 aliphatic carbocycles. The van der Waals surface area contributed by atoms with Gasteiger partial charge in [-0.15, -0.1) is 0 Å². The van der Waals surface area contributed by atoms with E-state index in [1.165, 1.54) is 0 Å². The quantitative estimate of drug-likeness (QED) is 0.790. The van der Waals surface area contributed by atoms with Gasteiger partial charge in [-0.1, -0.05) is 0 Å². The maximum absolute atomic E-state index is 6.18.